The van der Waals surface area contributed by atoms with Gasteiger partial charge in [0, 0.05) is 24.7 Å². The first-order valence-corrected chi connectivity index (χ1v) is 7.57. The number of amides is 1. The van der Waals surface area contributed by atoms with Gasteiger partial charge in [-0.25, -0.2) is 4.79 Å². The summed E-state index contributed by atoms with van der Waals surface area (Å²) < 4.78 is 6.05. The summed E-state index contributed by atoms with van der Waals surface area (Å²) in [5.74, 6) is 0.929. The molecule has 5 heteroatoms. The minimum atomic E-state index is -0.848. The zero-order valence-corrected chi connectivity index (χ0v) is 12.4. The largest absolute Gasteiger partial charge is 0.492 e. The minimum Gasteiger partial charge on any atom is -0.492 e. The van der Waals surface area contributed by atoms with Crippen molar-refractivity contribution in [2.45, 2.75) is 31.8 Å². The fraction of sp³-hybridized carbons (Fsp3) is 0.562. The lowest BCUT2D eigenvalue weighted by atomic mass is 9.99. The fourth-order valence-electron chi connectivity index (χ4n) is 3.25. The van der Waals surface area contributed by atoms with Gasteiger partial charge in [0.05, 0.1) is 0 Å². The quantitative estimate of drug-likeness (QED) is 0.927. The normalized spacial score (nSPS) is 22.1. The standard InChI is InChI=1S/C16H22N2O3/c1-17-8-3-5-13(17)11-21-15-6-2-4-12-10-18(16(19)20)9-7-14(12)15/h2,4,6,13H,3,5,7-11H2,1H3,(H,19,20)/t13-/m0/s1. The molecule has 1 saturated heterocycles. The van der Waals surface area contributed by atoms with Crippen LogP contribution in [-0.2, 0) is 13.0 Å². The second-order valence-electron chi connectivity index (χ2n) is 5.94. The second kappa shape index (κ2) is 5.93. The van der Waals surface area contributed by atoms with Gasteiger partial charge in [-0.05, 0) is 44.5 Å². The summed E-state index contributed by atoms with van der Waals surface area (Å²) in [5, 5.41) is 9.10. The Hall–Kier alpha value is -1.75. The van der Waals surface area contributed by atoms with Crippen molar-refractivity contribution in [2.24, 2.45) is 0 Å². The van der Waals surface area contributed by atoms with E-state index >= 15 is 0 Å². The first-order valence-electron chi connectivity index (χ1n) is 7.57. The molecule has 0 aromatic heterocycles. The summed E-state index contributed by atoms with van der Waals surface area (Å²) in [6.45, 7) is 2.88. The van der Waals surface area contributed by atoms with Crippen LogP contribution in [0.3, 0.4) is 0 Å². The Morgan fingerprint density at radius 1 is 1.43 bits per heavy atom. The van der Waals surface area contributed by atoms with Crippen molar-refractivity contribution in [1.29, 1.82) is 0 Å². The van der Waals surface area contributed by atoms with Crippen molar-refractivity contribution >= 4 is 6.09 Å². The molecule has 1 aromatic carbocycles. The maximum Gasteiger partial charge on any atom is 0.407 e. The monoisotopic (exact) mass is 290 g/mol. The van der Waals surface area contributed by atoms with Crippen molar-refractivity contribution in [3.05, 3.63) is 29.3 Å². The van der Waals surface area contributed by atoms with Gasteiger partial charge in [-0.2, -0.15) is 0 Å². The molecule has 1 atom stereocenters. The Morgan fingerprint density at radius 3 is 3.00 bits per heavy atom. The first kappa shape index (κ1) is 14.2. The van der Waals surface area contributed by atoms with E-state index in [1.807, 2.05) is 18.2 Å². The lowest BCUT2D eigenvalue weighted by Gasteiger charge is -2.28. The van der Waals surface area contributed by atoms with Gasteiger partial charge in [-0.15, -0.1) is 0 Å². The highest BCUT2D eigenvalue weighted by molar-refractivity contribution is 5.65. The molecule has 0 saturated carbocycles. The van der Waals surface area contributed by atoms with Crippen molar-refractivity contribution < 1.29 is 14.6 Å². The molecule has 0 unspecified atom stereocenters. The summed E-state index contributed by atoms with van der Waals surface area (Å²) in [7, 11) is 2.15. The van der Waals surface area contributed by atoms with E-state index in [0.29, 0.717) is 19.1 Å². The highest BCUT2D eigenvalue weighted by Crippen LogP contribution is 2.28. The van der Waals surface area contributed by atoms with Crippen LogP contribution < -0.4 is 4.74 Å². The van der Waals surface area contributed by atoms with Crippen LogP contribution in [0.15, 0.2) is 18.2 Å². The van der Waals surface area contributed by atoms with Crippen molar-refractivity contribution in [3.63, 3.8) is 0 Å². The number of nitrogens with zero attached hydrogens (tertiary/aromatic N) is 2. The molecule has 0 spiro atoms. The zero-order valence-electron chi connectivity index (χ0n) is 12.4. The molecule has 5 nitrogen and oxygen atoms in total. The van der Waals surface area contributed by atoms with Crippen LogP contribution in [-0.4, -0.2) is 53.8 Å². The van der Waals surface area contributed by atoms with Crippen LogP contribution in [0.4, 0.5) is 4.79 Å². The van der Waals surface area contributed by atoms with Gasteiger partial charge >= 0.3 is 6.09 Å². The molecule has 1 N–H and O–H groups in total. The van der Waals surface area contributed by atoms with Gasteiger partial charge in [-0.1, -0.05) is 12.1 Å². The minimum absolute atomic E-state index is 0.463. The Balaban J connectivity index is 1.70. The van der Waals surface area contributed by atoms with Gasteiger partial charge in [-0.3, -0.25) is 0 Å². The van der Waals surface area contributed by atoms with E-state index in [1.54, 1.807) is 0 Å². The van der Waals surface area contributed by atoms with E-state index in [2.05, 4.69) is 11.9 Å². The third kappa shape index (κ3) is 2.97. The summed E-state index contributed by atoms with van der Waals surface area (Å²) >= 11 is 0. The highest BCUT2D eigenvalue weighted by Gasteiger charge is 2.24. The van der Waals surface area contributed by atoms with Crippen molar-refractivity contribution in [2.75, 3.05) is 26.7 Å². The van der Waals surface area contributed by atoms with Crippen LogP contribution in [0.5, 0.6) is 5.75 Å². The zero-order chi connectivity index (χ0) is 14.8. The summed E-state index contributed by atoms with van der Waals surface area (Å²) in [4.78, 5) is 14.9. The van der Waals surface area contributed by atoms with Crippen LogP contribution in [0, 0.1) is 0 Å². The molecular weight excluding hydrogens is 268 g/mol. The predicted molar refractivity (Wildman–Crippen MR) is 79.7 cm³/mol. The van der Waals surface area contributed by atoms with Gasteiger partial charge in [0.1, 0.15) is 12.4 Å². The van der Waals surface area contributed by atoms with E-state index in [1.165, 1.54) is 23.3 Å². The SMILES string of the molecule is CN1CCC[C@H]1COc1cccc2c1CCN(C(=O)O)C2. The van der Waals surface area contributed by atoms with Gasteiger partial charge in [0.15, 0.2) is 0 Å². The van der Waals surface area contributed by atoms with E-state index in [0.717, 1.165) is 30.9 Å². The fourth-order valence-corrected chi connectivity index (χ4v) is 3.25. The number of rotatable bonds is 3. The predicted octanol–water partition coefficient (Wildman–Crippen LogP) is 2.20. The molecule has 0 bridgehead atoms. The van der Waals surface area contributed by atoms with Crippen molar-refractivity contribution in [3.8, 4) is 5.75 Å². The Kier molecular flexibility index (Phi) is 4.01. The first-order chi connectivity index (χ1) is 10.1. The summed E-state index contributed by atoms with van der Waals surface area (Å²) in [5.41, 5.74) is 2.25. The summed E-state index contributed by atoms with van der Waals surface area (Å²) in [6, 6.07) is 6.46. The van der Waals surface area contributed by atoms with E-state index < -0.39 is 6.09 Å². The molecule has 1 aromatic rings. The average Bonchev–Trinajstić information content (AvgIpc) is 2.89. The Morgan fingerprint density at radius 2 is 2.29 bits per heavy atom. The lowest BCUT2D eigenvalue weighted by Crippen LogP contribution is -2.35. The number of fused-ring (bicyclic) bond motifs is 1. The number of hydrogen-bond acceptors (Lipinski definition) is 3. The van der Waals surface area contributed by atoms with Gasteiger partial charge in [0.2, 0.25) is 0 Å². The molecular formula is C16H22N2O3. The average molecular weight is 290 g/mol. The van der Waals surface area contributed by atoms with Crippen molar-refractivity contribution in [1.82, 2.24) is 9.80 Å². The topological polar surface area (TPSA) is 53.0 Å². The molecule has 2 aliphatic rings. The second-order valence-corrected chi connectivity index (χ2v) is 5.94. The number of likely N-dealkylation sites (tertiary alicyclic amines) is 1. The maximum atomic E-state index is 11.1. The molecule has 2 heterocycles. The number of carboxylic acid groups (broad SMARTS) is 1. The molecule has 3 rings (SSSR count). The molecule has 114 valence electrons. The number of ether oxygens (including phenoxy) is 1. The number of hydrogen-bond donors (Lipinski definition) is 1. The third-order valence-electron chi connectivity index (χ3n) is 4.60. The molecule has 1 fully saturated rings. The van der Waals surface area contributed by atoms with Crippen LogP contribution in [0.25, 0.3) is 0 Å². The van der Waals surface area contributed by atoms with Crippen LogP contribution in [0.2, 0.25) is 0 Å². The van der Waals surface area contributed by atoms with E-state index in [9.17, 15) is 4.79 Å². The summed E-state index contributed by atoms with van der Waals surface area (Å²) in [6.07, 6.45) is 2.32. The Bertz CT molecular complexity index is 532. The van der Waals surface area contributed by atoms with Crippen LogP contribution >= 0.6 is 0 Å². The van der Waals surface area contributed by atoms with E-state index in [4.69, 9.17) is 9.84 Å². The number of benzene rings is 1. The third-order valence-corrected chi connectivity index (χ3v) is 4.60. The smallest absolute Gasteiger partial charge is 0.407 e. The Labute approximate surface area is 125 Å². The maximum absolute atomic E-state index is 11.1. The molecule has 0 radical (unpaired) electrons. The van der Waals surface area contributed by atoms with Gasteiger partial charge < -0.3 is 19.6 Å². The number of carbonyl (C=O) groups is 1. The molecule has 2 aliphatic heterocycles. The molecule has 0 aliphatic carbocycles. The molecule has 21 heavy (non-hydrogen) atoms. The van der Waals surface area contributed by atoms with Crippen LogP contribution in [0.1, 0.15) is 24.0 Å². The van der Waals surface area contributed by atoms with Gasteiger partial charge in [0.25, 0.3) is 0 Å². The molecule has 1 amide bonds. The number of likely N-dealkylation sites (N-methyl/N-ethyl adjacent to an activating group) is 1. The highest BCUT2D eigenvalue weighted by atomic mass is 16.5. The lowest BCUT2D eigenvalue weighted by molar-refractivity contribution is 0.139. The van der Waals surface area contributed by atoms with E-state index in [-0.39, 0.29) is 0 Å².